The lowest BCUT2D eigenvalue weighted by Crippen LogP contribution is -2.09. The van der Waals surface area contributed by atoms with Crippen LogP contribution in [0.15, 0.2) is 368 Å². The van der Waals surface area contributed by atoms with Crippen LogP contribution in [0.1, 0.15) is 0 Å². The minimum Gasteiger partial charge on any atom is -0.353 e. The Balaban J connectivity index is 0.000000122. The minimum atomic E-state index is 0. The third-order valence-electron chi connectivity index (χ3n) is 19.4. The molecule has 0 aliphatic heterocycles. The maximum atomic E-state index is 3.82. The molecule has 0 spiro atoms. The lowest BCUT2D eigenvalue weighted by atomic mass is 9.92. The van der Waals surface area contributed by atoms with E-state index >= 15 is 0 Å². The molecule has 0 fully saturated rings. The number of rotatable bonds is 7. The first-order valence-electron chi connectivity index (χ1n) is 33.1. The van der Waals surface area contributed by atoms with Crippen molar-refractivity contribution in [1.82, 2.24) is 9.55 Å². The van der Waals surface area contributed by atoms with Gasteiger partial charge < -0.3 is 19.4 Å². The second kappa shape index (κ2) is 25.2. The number of aromatic amines is 1. The van der Waals surface area contributed by atoms with Gasteiger partial charge in [0, 0.05) is 107 Å². The van der Waals surface area contributed by atoms with E-state index in [2.05, 4.69) is 387 Å². The number of benzene rings is 18. The van der Waals surface area contributed by atoms with Crippen LogP contribution in [0.3, 0.4) is 0 Å². The van der Waals surface area contributed by atoms with Gasteiger partial charge in [0.15, 0.2) is 0 Å². The van der Waals surface area contributed by atoms with Gasteiger partial charge in [-0.05, 0) is 151 Å². The molecular formula is C92H61BBrN4. The zero-order valence-corrected chi connectivity index (χ0v) is 55.0. The molecule has 0 aliphatic rings. The first-order chi connectivity index (χ1) is 48.1. The summed E-state index contributed by atoms with van der Waals surface area (Å²) in [5.74, 6) is 0. The summed E-state index contributed by atoms with van der Waals surface area (Å²) in [4.78, 5) is 8.38. The van der Waals surface area contributed by atoms with Gasteiger partial charge in [0.25, 0.3) is 0 Å². The number of nitrogens with zero attached hydrogens (tertiary/aromatic N) is 3. The SMILES string of the molecule is Brc1ccc(N(c2ccccc2)c2ccccc2)cc1.[B].c1ccc(N(c2ccccc2)c2ccc(-n3c4c5ccccc5ccc4c4c5c6ccccc6ccc5c5ccccc5c43)cc2)cc1.c1ccc2c(c1)ccc1c2[nH]c2c3ccccc3c3ccc4ccccc4c3c12. The Kier molecular flexibility index (Phi) is 15.3. The monoisotopic (exact) mass is 1310 g/mol. The maximum Gasteiger partial charge on any atom is 0.0626 e. The molecule has 0 saturated heterocycles. The molecule has 0 aliphatic carbocycles. The number of hydrogen-bond donors (Lipinski definition) is 1. The zero-order chi connectivity index (χ0) is 64.3. The van der Waals surface area contributed by atoms with Crippen molar-refractivity contribution in [3.63, 3.8) is 0 Å². The second-order valence-corrected chi connectivity index (χ2v) is 25.8. The average molecular weight is 1310 g/mol. The summed E-state index contributed by atoms with van der Waals surface area (Å²) >= 11 is 3.49. The number of para-hydroxylation sites is 4. The topological polar surface area (TPSA) is 27.2 Å². The van der Waals surface area contributed by atoms with Crippen LogP contribution >= 0.6 is 15.9 Å². The van der Waals surface area contributed by atoms with Crippen molar-refractivity contribution in [2.75, 3.05) is 9.80 Å². The predicted octanol–water partition coefficient (Wildman–Crippen LogP) is 26.3. The molecule has 2 heterocycles. The summed E-state index contributed by atoms with van der Waals surface area (Å²) in [6, 6.07) is 130. The maximum absolute atomic E-state index is 3.82. The summed E-state index contributed by atoms with van der Waals surface area (Å²) < 4.78 is 3.61. The van der Waals surface area contributed by atoms with Crippen LogP contribution in [-0.4, -0.2) is 18.0 Å². The van der Waals surface area contributed by atoms with Crippen LogP contribution in [0.4, 0.5) is 34.1 Å². The van der Waals surface area contributed by atoms with E-state index in [0.29, 0.717) is 0 Å². The van der Waals surface area contributed by atoms with Crippen LogP contribution in [0.2, 0.25) is 0 Å². The van der Waals surface area contributed by atoms with Crippen LogP contribution in [0, 0.1) is 0 Å². The number of halogens is 1. The number of H-pyrrole nitrogens is 1. The van der Waals surface area contributed by atoms with Gasteiger partial charge in [-0.2, -0.15) is 0 Å². The number of anilines is 6. The largest absolute Gasteiger partial charge is 0.353 e. The molecule has 0 atom stereocenters. The molecule has 0 unspecified atom stereocenters. The number of hydrogen-bond acceptors (Lipinski definition) is 2. The first kappa shape index (κ1) is 59.5. The van der Waals surface area contributed by atoms with Gasteiger partial charge in [0.2, 0.25) is 0 Å². The molecule has 1 N–H and O–H groups in total. The molecule has 0 bridgehead atoms. The fourth-order valence-corrected chi connectivity index (χ4v) is 15.4. The highest BCUT2D eigenvalue weighted by Crippen LogP contribution is 2.48. The lowest BCUT2D eigenvalue weighted by molar-refractivity contribution is 1.18. The van der Waals surface area contributed by atoms with Crippen LogP contribution in [-0.2, 0) is 0 Å². The van der Waals surface area contributed by atoms with Gasteiger partial charge in [0.05, 0.1) is 22.1 Å². The van der Waals surface area contributed by atoms with E-state index in [9.17, 15) is 0 Å². The van der Waals surface area contributed by atoms with Crippen molar-refractivity contribution in [3.8, 4) is 5.69 Å². The number of fused-ring (bicyclic) bond motifs is 24. The van der Waals surface area contributed by atoms with Crippen molar-refractivity contribution in [3.05, 3.63) is 368 Å². The van der Waals surface area contributed by atoms with Gasteiger partial charge >= 0.3 is 0 Å². The number of aromatic nitrogens is 2. The molecule has 6 heteroatoms. The van der Waals surface area contributed by atoms with Crippen molar-refractivity contribution in [1.29, 1.82) is 0 Å². The van der Waals surface area contributed by atoms with E-state index in [1.54, 1.807) is 0 Å². The van der Waals surface area contributed by atoms with Crippen LogP contribution in [0.25, 0.3) is 135 Å². The fourth-order valence-electron chi connectivity index (χ4n) is 15.1. The molecule has 18 aromatic carbocycles. The molecule has 2 aromatic heterocycles. The summed E-state index contributed by atoms with van der Waals surface area (Å²) in [5, 5.41) is 25.8. The highest BCUT2D eigenvalue weighted by molar-refractivity contribution is 9.10. The van der Waals surface area contributed by atoms with Gasteiger partial charge in [-0.1, -0.05) is 283 Å². The Morgan fingerprint density at radius 2 is 0.551 bits per heavy atom. The third-order valence-corrected chi connectivity index (χ3v) is 19.9. The van der Waals surface area contributed by atoms with Gasteiger partial charge in [0.1, 0.15) is 0 Å². The fraction of sp³-hybridized carbons (Fsp3) is 0. The molecule has 4 nitrogen and oxygen atoms in total. The summed E-state index contributed by atoms with van der Waals surface area (Å²) in [5.41, 5.74) is 12.9. The Morgan fingerprint density at radius 3 is 1.04 bits per heavy atom. The summed E-state index contributed by atoms with van der Waals surface area (Å²) in [7, 11) is 0. The molecule has 98 heavy (non-hydrogen) atoms. The van der Waals surface area contributed by atoms with E-state index in [1.165, 1.54) is 130 Å². The van der Waals surface area contributed by atoms with Crippen LogP contribution < -0.4 is 9.80 Å². The van der Waals surface area contributed by atoms with E-state index in [4.69, 9.17) is 0 Å². The van der Waals surface area contributed by atoms with Crippen molar-refractivity contribution in [2.24, 2.45) is 0 Å². The van der Waals surface area contributed by atoms with E-state index in [0.717, 1.165) is 44.3 Å². The van der Waals surface area contributed by atoms with Crippen molar-refractivity contribution >= 4 is 188 Å². The van der Waals surface area contributed by atoms with Gasteiger partial charge in [-0.25, -0.2) is 0 Å². The van der Waals surface area contributed by atoms with E-state index < -0.39 is 0 Å². The summed E-state index contributed by atoms with van der Waals surface area (Å²) in [6.07, 6.45) is 0. The van der Waals surface area contributed by atoms with Crippen LogP contribution in [0.5, 0.6) is 0 Å². The highest BCUT2D eigenvalue weighted by Gasteiger charge is 2.24. The number of nitrogens with one attached hydrogen (secondary N) is 1. The second-order valence-electron chi connectivity index (χ2n) is 24.8. The molecule has 20 rings (SSSR count). The standard InChI is InChI=1S/C46H30N2.C28H17N.C18H14BrN.B/c1-3-15-33(16-4-1)47(34-17-5-2-6-18-34)35-25-27-36(28-26-35)48-45-38-20-10-8-14-32(38)24-30-42(45)44-43-37-19-9-7-13-31(37)23-29-40(43)39-21-11-12-22-41(39)46(44)48;1-3-9-19-17(7-1)13-15-22-21-11-5-6-12-23(21)28-26(25(19)22)24-16-14-18-8-2-4-10-20(18)27(24)29-28;19-15-11-13-18(14-12-15)20(16-7-3-1-4-8-16)17-9-5-2-6-10-17;/h1-30H;1-16,29H;1-14H;. The Labute approximate surface area is 577 Å². The van der Waals surface area contributed by atoms with Gasteiger partial charge in [-0.15, -0.1) is 0 Å². The third kappa shape index (κ3) is 10.2. The Morgan fingerprint density at radius 1 is 0.214 bits per heavy atom. The lowest BCUT2D eigenvalue weighted by Gasteiger charge is -2.25. The summed E-state index contributed by atoms with van der Waals surface area (Å²) in [6.45, 7) is 0. The smallest absolute Gasteiger partial charge is 0.0626 e. The zero-order valence-electron chi connectivity index (χ0n) is 53.4. The van der Waals surface area contributed by atoms with E-state index in [1.807, 2.05) is 12.1 Å². The van der Waals surface area contributed by atoms with E-state index in [-0.39, 0.29) is 8.41 Å². The molecule has 0 amide bonds. The normalized spacial score (nSPS) is 11.4. The Hall–Kier alpha value is -12.2. The molecule has 3 radical (unpaired) electrons. The van der Waals surface area contributed by atoms with Crippen molar-refractivity contribution < 1.29 is 0 Å². The molecule has 0 saturated carbocycles. The molecule has 459 valence electrons. The van der Waals surface area contributed by atoms with Gasteiger partial charge in [-0.3, -0.25) is 0 Å². The molecule has 20 aromatic rings. The Bertz CT molecular complexity index is 6300. The predicted molar refractivity (Wildman–Crippen MR) is 426 cm³/mol. The first-order valence-corrected chi connectivity index (χ1v) is 33.9. The average Bonchev–Trinajstić information content (AvgIpc) is 1.52. The minimum absolute atomic E-state index is 0. The quantitative estimate of drug-likeness (QED) is 0.127. The van der Waals surface area contributed by atoms with Crippen molar-refractivity contribution in [2.45, 2.75) is 0 Å². The molecular weight excluding hydrogens is 1250 g/mol. The highest BCUT2D eigenvalue weighted by atomic mass is 79.9.